The van der Waals surface area contributed by atoms with E-state index >= 15 is 4.39 Å². The number of hydrogen-bond acceptors (Lipinski definition) is 3. The summed E-state index contributed by atoms with van der Waals surface area (Å²) in [6.45, 7) is 17.3. The van der Waals surface area contributed by atoms with Gasteiger partial charge in [-0.05, 0) is 42.1 Å². The van der Waals surface area contributed by atoms with Crippen molar-refractivity contribution in [2.45, 2.75) is 72.0 Å². The first-order chi connectivity index (χ1) is 14.5. The summed E-state index contributed by atoms with van der Waals surface area (Å²) in [6, 6.07) is 2.01. The average molecular weight is 437 g/mol. The van der Waals surface area contributed by atoms with E-state index < -0.39 is 8.07 Å². The standard InChI is InChI=1S/C25H33FN4Si/c1-15(2)31(16(3)4,17(5)6)11-10-22-24(26)18(7)21(13-27-22)23-12-20-19(8)28-14-29-25(20)30(23)9/h12-17H,1-9H3. The number of fused-ring (bicyclic) bond motifs is 1. The first kappa shape index (κ1) is 23.1. The molecule has 0 aliphatic carbocycles. The first-order valence-corrected chi connectivity index (χ1v) is 13.2. The Hall–Kier alpha value is -2.52. The molecule has 0 saturated heterocycles. The third-order valence-corrected chi connectivity index (χ3v) is 13.1. The molecule has 4 nitrogen and oxygen atoms in total. The van der Waals surface area contributed by atoms with Gasteiger partial charge in [-0.15, -0.1) is 5.54 Å². The van der Waals surface area contributed by atoms with Crippen LogP contribution in [0.3, 0.4) is 0 Å². The van der Waals surface area contributed by atoms with Gasteiger partial charge in [0.05, 0.1) is 11.4 Å². The van der Waals surface area contributed by atoms with Gasteiger partial charge in [-0.3, -0.25) is 0 Å². The Kier molecular flexibility index (Phi) is 6.38. The van der Waals surface area contributed by atoms with Gasteiger partial charge >= 0.3 is 0 Å². The molecular formula is C25H33FN4Si. The highest BCUT2D eigenvalue weighted by atomic mass is 28.3. The number of nitrogens with zero attached hydrogens (tertiary/aromatic N) is 4. The van der Waals surface area contributed by atoms with Crippen molar-refractivity contribution in [3.05, 3.63) is 41.4 Å². The SMILES string of the molecule is Cc1c(-c2cc3c(C)ncnc3n2C)cnc(C#C[Si](C(C)C)(C(C)C)C(C)C)c1F. The molecule has 31 heavy (non-hydrogen) atoms. The fourth-order valence-corrected chi connectivity index (χ4v) is 10.2. The van der Waals surface area contributed by atoms with E-state index in [9.17, 15) is 0 Å². The maximum atomic E-state index is 15.4. The van der Waals surface area contributed by atoms with Gasteiger partial charge in [0.2, 0.25) is 0 Å². The van der Waals surface area contributed by atoms with E-state index in [1.807, 2.05) is 24.6 Å². The van der Waals surface area contributed by atoms with Crippen molar-refractivity contribution in [3.63, 3.8) is 0 Å². The second-order valence-electron chi connectivity index (χ2n) is 9.39. The zero-order chi connectivity index (χ0) is 23.1. The normalized spacial score (nSPS) is 12.2. The molecule has 0 aliphatic heterocycles. The number of aryl methyl sites for hydroxylation is 2. The molecule has 3 aromatic heterocycles. The van der Waals surface area contributed by atoms with Gasteiger partial charge in [-0.2, -0.15) is 0 Å². The highest BCUT2D eigenvalue weighted by Crippen LogP contribution is 2.41. The molecule has 0 atom stereocenters. The van der Waals surface area contributed by atoms with Gasteiger partial charge in [0.1, 0.15) is 25.7 Å². The number of pyridine rings is 1. The molecule has 3 heterocycles. The molecule has 0 amide bonds. The lowest BCUT2D eigenvalue weighted by molar-refractivity contribution is 0.608. The molecule has 0 N–H and O–H groups in total. The van der Waals surface area contributed by atoms with Crippen LogP contribution in [-0.4, -0.2) is 27.6 Å². The summed E-state index contributed by atoms with van der Waals surface area (Å²) in [4.78, 5) is 13.1. The van der Waals surface area contributed by atoms with E-state index in [4.69, 9.17) is 0 Å². The lowest BCUT2D eigenvalue weighted by atomic mass is 10.1. The Balaban J connectivity index is 2.12. The summed E-state index contributed by atoms with van der Waals surface area (Å²) in [5, 5.41) is 0.963. The van der Waals surface area contributed by atoms with Gasteiger partial charge in [0.15, 0.2) is 5.82 Å². The number of halogens is 1. The molecule has 164 valence electrons. The maximum absolute atomic E-state index is 15.4. The second-order valence-corrected chi connectivity index (χ2v) is 15.0. The Bertz CT molecular complexity index is 1160. The van der Waals surface area contributed by atoms with Crippen molar-refractivity contribution in [3.8, 4) is 22.7 Å². The Morgan fingerprint density at radius 2 is 1.58 bits per heavy atom. The van der Waals surface area contributed by atoms with Crippen molar-refractivity contribution in [1.82, 2.24) is 19.5 Å². The van der Waals surface area contributed by atoms with Crippen molar-refractivity contribution >= 4 is 19.1 Å². The lowest BCUT2D eigenvalue weighted by Gasteiger charge is -2.38. The fraction of sp³-hybridized carbons (Fsp3) is 0.480. The summed E-state index contributed by atoms with van der Waals surface area (Å²) in [5.41, 5.74) is 9.20. The van der Waals surface area contributed by atoms with Crippen molar-refractivity contribution in [2.75, 3.05) is 0 Å². The number of aromatic nitrogens is 4. The first-order valence-electron chi connectivity index (χ1n) is 11.0. The average Bonchev–Trinajstić information content (AvgIpc) is 3.03. The molecule has 6 heteroatoms. The van der Waals surface area contributed by atoms with Gasteiger partial charge in [-0.25, -0.2) is 19.3 Å². The van der Waals surface area contributed by atoms with Crippen LogP contribution in [0.15, 0.2) is 18.6 Å². The van der Waals surface area contributed by atoms with E-state index in [2.05, 4.69) is 68.0 Å². The Morgan fingerprint density at radius 3 is 2.13 bits per heavy atom. The summed E-state index contributed by atoms with van der Waals surface area (Å²) in [7, 11) is -0.0193. The quantitative estimate of drug-likeness (QED) is 0.353. The minimum atomic E-state index is -1.95. The van der Waals surface area contributed by atoms with Crippen LogP contribution in [0.25, 0.3) is 22.3 Å². The van der Waals surface area contributed by atoms with Crippen LogP contribution >= 0.6 is 0 Å². The molecular weight excluding hydrogens is 403 g/mol. The summed E-state index contributed by atoms with van der Waals surface area (Å²) >= 11 is 0. The van der Waals surface area contributed by atoms with Gasteiger partial charge < -0.3 is 4.57 Å². The van der Waals surface area contributed by atoms with Crippen LogP contribution in [0.5, 0.6) is 0 Å². The molecule has 0 spiro atoms. The van der Waals surface area contributed by atoms with Crippen LogP contribution in [0, 0.1) is 31.1 Å². The molecule has 0 aromatic carbocycles. The van der Waals surface area contributed by atoms with Crippen LogP contribution in [0.1, 0.15) is 58.5 Å². The van der Waals surface area contributed by atoms with E-state index in [1.165, 1.54) is 0 Å². The van der Waals surface area contributed by atoms with Crippen molar-refractivity contribution in [2.24, 2.45) is 7.05 Å². The fourth-order valence-electron chi connectivity index (χ4n) is 5.04. The third kappa shape index (κ3) is 3.80. The zero-order valence-electron chi connectivity index (χ0n) is 20.1. The largest absolute Gasteiger partial charge is 0.328 e. The van der Waals surface area contributed by atoms with Crippen LogP contribution < -0.4 is 0 Å². The van der Waals surface area contributed by atoms with E-state index in [0.717, 1.165) is 28.0 Å². The molecule has 3 rings (SSSR count). The molecule has 3 aromatic rings. The molecule has 0 fully saturated rings. The van der Waals surface area contributed by atoms with E-state index in [1.54, 1.807) is 19.4 Å². The third-order valence-electron chi connectivity index (χ3n) is 6.83. The minimum absolute atomic E-state index is 0.245. The maximum Gasteiger partial charge on any atom is 0.160 e. The Morgan fingerprint density at radius 1 is 0.968 bits per heavy atom. The summed E-state index contributed by atoms with van der Waals surface area (Å²) < 4.78 is 17.4. The van der Waals surface area contributed by atoms with Crippen molar-refractivity contribution < 1.29 is 4.39 Å². The number of rotatable bonds is 4. The molecule has 0 aliphatic rings. The topological polar surface area (TPSA) is 43.6 Å². The smallest absolute Gasteiger partial charge is 0.160 e. The predicted molar refractivity (Wildman–Crippen MR) is 129 cm³/mol. The molecule has 0 bridgehead atoms. The minimum Gasteiger partial charge on any atom is -0.328 e. The highest BCUT2D eigenvalue weighted by Gasteiger charge is 2.41. The predicted octanol–water partition coefficient (Wildman–Crippen LogP) is 6.36. The van der Waals surface area contributed by atoms with Gasteiger partial charge in [0.25, 0.3) is 0 Å². The van der Waals surface area contributed by atoms with Gasteiger partial charge in [-0.1, -0.05) is 47.5 Å². The van der Waals surface area contributed by atoms with Crippen LogP contribution in [0.2, 0.25) is 16.6 Å². The molecule has 0 saturated carbocycles. The molecule has 0 radical (unpaired) electrons. The zero-order valence-corrected chi connectivity index (χ0v) is 21.1. The van der Waals surface area contributed by atoms with E-state index in [-0.39, 0.29) is 11.5 Å². The molecule has 0 unspecified atom stereocenters. The highest BCUT2D eigenvalue weighted by molar-refractivity contribution is 6.90. The van der Waals surface area contributed by atoms with Crippen LogP contribution in [0.4, 0.5) is 4.39 Å². The monoisotopic (exact) mass is 436 g/mol. The second kappa shape index (κ2) is 8.55. The number of hydrogen-bond donors (Lipinski definition) is 0. The summed E-state index contributed by atoms with van der Waals surface area (Å²) in [5.74, 6) is 2.83. The Labute approximate surface area is 186 Å². The lowest BCUT2D eigenvalue weighted by Crippen LogP contribution is -2.43. The van der Waals surface area contributed by atoms with Gasteiger partial charge in [0, 0.05) is 24.2 Å². The summed E-state index contributed by atoms with van der Waals surface area (Å²) in [6.07, 6.45) is 3.29. The van der Waals surface area contributed by atoms with Crippen molar-refractivity contribution in [1.29, 1.82) is 0 Å². The van der Waals surface area contributed by atoms with Crippen LogP contribution in [-0.2, 0) is 7.05 Å². The van der Waals surface area contributed by atoms with E-state index in [0.29, 0.717) is 22.2 Å².